The molecular weight excluding hydrogens is 278 g/mol. The first-order chi connectivity index (χ1) is 10.7. The summed E-state index contributed by atoms with van der Waals surface area (Å²) in [7, 11) is 0. The molecule has 6 nitrogen and oxygen atoms in total. The Balaban J connectivity index is 1.86. The van der Waals surface area contributed by atoms with Crippen molar-refractivity contribution in [2.75, 3.05) is 5.32 Å². The van der Waals surface area contributed by atoms with Crippen LogP contribution in [-0.2, 0) is 0 Å². The van der Waals surface area contributed by atoms with Crippen LogP contribution in [0.25, 0.3) is 0 Å². The Hall–Kier alpha value is -2.94. The zero-order valence-electron chi connectivity index (χ0n) is 12.1. The minimum absolute atomic E-state index is 0.190. The third-order valence-electron chi connectivity index (χ3n) is 3.29. The monoisotopic (exact) mass is 293 g/mol. The number of benzene rings is 1. The molecule has 2 N–H and O–H groups in total. The Morgan fingerprint density at radius 2 is 2.09 bits per heavy atom. The summed E-state index contributed by atoms with van der Waals surface area (Å²) in [6.07, 6.45) is 2.05. The molecule has 1 aliphatic rings. The zero-order valence-corrected chi connectivity index (χ0v) is 12.1. The minimum atomic E-state index is -0.190. The van der Waals surface area contributed by atoms with E-state index >= 15 is 0 Å². The molecule has 1 fully saturated rings. The van der Waals surface area contributed by atoms with Crippen LogP contribution in [0.5, 0.6) is 0 Å². The van der Waals surface area contributed by atoms with Gasteiger partial charge in [-0.05, 0) is 38.0 Å². The Morgan fingerprint density at radius 1 is 1.32 bits per heavy atom. The third kappa shape index (κ3) is 3.20. The van der Waals surface area contributed by atoms with Crippen LogP contribution in [0.2, 0.25) is 0 Å². The molecule has 1 aromatic carbocycles. The molecule has 1 heterocycles. The summed E-state index contributed by atoms with van der Waals surface area (Å²) >= 11 is 0. The molecule has 0 unspecified atom stereocenters. The average molecular weight is 293 g/mol. The second kappa shape index (κ2) is 5.82. The fourth-order valence-electron chi connectivity index (χ4n) is 2.04. The number of anilines is 2. The molecule has 22 heavy (non-hydrogen) atoms. The first-order valence-corrected chi connectivity index (χ1v) is 7.08. The van der Waals surface area contributed by atoms with Crippen molar-refractivity contribution in [1.29, 1.82) is 5.26 Å². The van der Waals surface area contributed by atoms with Crippen molar-refractivity contribution in [2.45, 2.75) is 25.8 Å². The molecule has 0 spiro atoms. The van der Waals surface area contributed by atoms with Crippen molar-refractivity contribution in [3.05, 3.63) is 47.3 Å². The number of nitriles is 1. The van der Waals surface area contributed by atoms with Crippen molar-refractivity contribution in [1.82, 2.24) is 15.3 Å². The number of amides is 1. The van der Waals surface area contributed by atoms with Crippen molar-refractivity contribution >= 4 is 17.5 Å². The molecule has 0 saturated heterocycles. The molecule has 0 aliphatic heterocycles. The lowest BCUT2D eigenvalue weighted by atomic mass is 10.2. The summed E-state index contributed by atoms with van der Waals surface area (Å²) in [5.41, 5.74) is 2.13. The van der Waals surface area contributed by atoms with E-state index in [9.17, 15) is 4.79 Å². The maximum Gasteiger partial charge on any atom is 0.270 e. The van der Waals surface area contributed by atoms with Crippen LogP contribution in [0.4, 0.5) is 11.6 Å². The van der Waals surface area contributed by atoms with Gasteiger partial charge in [0.1, 0.15) is 11.8 Å². The molecule has 6 heteroatoms. The molecule has 0 bridgehead atoms. The number of rotatable bonds is 4. The normalized spacial score (nSPS) is 13.3. The second-order valence-electron chi connectivity index (χ2n) is 5.25. The minimum Gasteiger partial charge on any atom is -0.348 e. The lowest BCUT2D eigenvalue weighted by Crippen LogP contribution is -2.26. The number of nitrogens with one attached hydrogen (secondary N) is 2. The summed E-state index contributed by atoms with van der Waals surface area (Å²) in [6.45, 7) is 1.80. The highest BCUT2D eigenvalue weighted by Crippen LogP contribution is 2.20. The van der Waals surface area contributed by atoms with Crippen LogP contribution < -0.4 is 10.6 Å². The summed E-state index contributed by atoms with van der Waals surface area (Å²) in [5, 5.41) is 15.0. The van der Waals surface area contributed by atoms with Crippen LogP contribution in [-0.4, -0.2) is 21.9 Å². The average Bonchev–Trinajstić information content (AvgIpc) is 3.31. The van der Waals surface area contributed by atoms with Crippen molar-refractivity contribution in [2.24, 2.45) is 0 Å². The van der Waals surface area contributed by atoms with Gasteiger partial charge in [-0.25, -0.2) is 9.97 Å². The molecule has 1 aliphatic carbocycles. The maximum absolute atomic E-state index is 12.1. The van der Waals surface area contributed by atoms with E-state index in [-0.39, 0.29) is 11.9 Å². The first kappa shape index (κ1) is 14.0. The topological polar surface area (TPSA) is 90.7 Å². The number of hydrogen-bond donors (Lipinski definition) is 2. The highest BCUT2D eigenvalue weighted by molar-refractivity contribution is 5.93. The van der Waals surface area contributed by atoms with E-state index in [0.29, 0.717) is 28.6 Å². The molecule has 0 radical (unpaired) electrons. The van der Waals surface area contributed by atoms with Gasteiger partial charge < -0.3 is 10.6 Å². The maximum atomic E-state index is 12.1. The number of carbonyl (C=O) groups excluding carboxylic acids is 1. The van der Waals surface area contributed by atoms with E-state index in [1.165, 1.54) is 0 Å². The van der Waals surface area contributed by atoms with E-state index < -0.39 is 0 Å². The largest absolute Gasteiger partial charge is 0.348 e. The number of carbonyl (C=O) groups is 1. The fourth-order valence-corrected chi connectivity index (χ4v) is 2.04. The number of nitrogens with zero attached hydrogens (tertiary/aromatic N) is 3. The van der Waals surface area contributed by atoms with Crippen LogP contribution in [0.1, 0.15) is 34.6 Å². The Morgan fingerprint density at radius 3 is 2.82 bits per heavy atom. The highest BCUT2D eigenvalue weighted by atomic mass is 16.2. The van der Waals surface area contributed by atoms with E-state index in [1.807, 2.05) is 6.07 Å². The first-order valence-electron chi connectivity index (χ1n) is 7.08. The lowest BCUT2D eigenvalue weighted by molar-refractivity contribution is 0.0946. The third-order valence-corrected chi connectivity index (χ3v) is 3.29. The number of para-hydroxylation sites is 1. The number of aryl methyl sites for hydroxylation is 1. The molecule has 1 amide bonds. The zero-order chi connectivity index (χ0) is 15.5. The number of hydrogen-bond acceptors (Lipinski definition) is 5. The highest BCUT2D eigenvalue weighted by Gasteiger charge is 2.24. The van der Waals surface area contributed by atoms with Gasteiger partial charge in [0, 0.05) is 11.7 Å². The summed E-state index contributed by atoms with van der Waals surface area (Å²) < 4.78 is 0. The van der Waals surface area contributed by atoms with Gasteiger partial charge in [0.15, 0.2) is 0 Å². The van der Waals surface area contributed by atoms with Crippen molar-refractivity contribution in [3.63, 3.8) is 0 Å². The Bertz CT molecular complexity index is 761. The Labute approximate surface area is 128 Å². The predicted molar refractivity (Wildman–Crippen MR) is 81.7 cm³/mol. The van der Waals surface area contributed by atoms with E-state index in [2.05, 4.69) is 26.7 Å². The summed E-state index contributed by atoms with van der Waals surface area (Å²) in [4.78, 5) is 20.6. The van der Waals surface area contributed by atoms with Crippen molar-refractivity contribution in [3.8, 4) is 6.07 Å². The lowest BCUT2D eigenvalue weighted by Gasteiger charge is -2.09. The quantitative estimate of drug-likeness (QED) is 0.902. The standard InChI is InChI=1S/C16H15N5O/c1-10-8-14(15(22)19-12-6-7-12)21-16(18-10)20-13-5-3-2-4-11(13)9-17/h2-5,8,12H,6-7H2,1H3,(H,19,22)(H,18,20,21). The van der Waals surface area contributed by atoms with Gasteiger partial charge in [-0.15, -0.1) is 0 Å². The van der Waals surface area contributed by atoms with Gasteiger partial charge in [0.25, 0.3) is 5.91 Å². The Kier molecular flexibility index (Phi) is 3.71. The van der Waals surface area contributed by atoms with Gasteiger partial charge >= 0.3 is 0 Å². The van der Waals surface area contributed by atoms with Gasteiger partial charge in [-0.2, -0.15) is 5.26 Å². The van der Waals surface area contributed by atoms with E-state index in [1.54, 1.807) is 31.2 Å². The molecule has 1 saturated carbocycles. The molecule has 3 rings (SSSR count). The SMILES string of the molecule is Cc1cc(C(=O)NC2CC2)nc(Nc2ccccc2C#N)n1. The second-order valence-corrected chi connectivity index (χ2v) is 5.25. The summed E-state index contributed by atoms with van der Waals surface area (Å²) in [6, 6.07) is 11.1. The van der Waals surface area contributed by atoms with Crippen LogP contribution in [0.3, 0.4) is 0 Å². The van der Waals surface area contributed by atoms with Crippen LogP contribution in [0, 0.1) is 18.3 Å². The van der Waals surface area contributed by atoms with Gasteiger partial charge in [-0.1, -0.05) is 12.1 Å². The summed E-state index contributed by atoms with van der Waals surface area (Å²) in [5.74, 6) is 0.119. The molecule has 1 aromatic heterocycles. The van der Waals surface area contributed by atoms with Crippen LogP contribution in [0.15, 0.2) is 30.3 Å². The van der Waals surface area contributed by atoms with Gasteiger partial charge in [-0.3, -0.25) is 4.79 Å². The molecular formula is C16H15N5O. The number of aromatic nitrogens is 2. The van der Waals surface area contributed by atoms with E-state index in [4.69, 9.17) is 5.26 Å². The van der Waals surface area contributed by atoms with Gasteiger partial charge in [0.05, 0.1) is 11.3 Å². The van der Waals surface area contributed by atoms with Crippen LogP contribution >= 0.6 is 0 Å². The van der Waals surface area contributed by atoms with Gasteiger partial charge in [0.2, 0.25) is 5.95 Å². The smallest absolute Gasteiger partial charge is 0.270 e. The predicted octanol–water partition coefficient (Wildman–Crippen LogP) is 2.29. The molecule has 2 aromatic rings. The molecule has 0 atom stereocenters. The van der Waals surface area contributed by atoms with Crippen molar-refractivity contribution < 1.29 is 4.79 Å². The van der Waals surface area contributed by atoms with E-state index in [0.717, 1.165) is 12.8 Å². The fraction of sp³-hybridized carbons (Fsp3) is 0.250. The molecule has 110 valence electrons.